The minimum absolute atomic E-state index is 0.0260. The van der Waals surface area contributed by atoms with Crippen LogP contribution >= 0.6 is 11.6 Å². The third-order valence-electron chi connectivity index (χ3n) is 2.93. The number of rotatable bonds is 2. The van der Waals surface area contributed by atoms with Crippen molar-refractivity contribution in [3.05, 3.63) is 52.3 Å². The fourth-order valence-corrected chi connectivity index (χ4v) is 3.37. The number of pyridine rings is 1. The number of nitrogens with two attached hydrogens (primary N) is 1. The molecule has 0 aliphatic heterocycles. The summed E-state index contributed by atoms with van der Waals surface area (Å²) in [5.74, 6) is 6.04. The van der Waals surface area contributed by atoms with Gasteiger partial charge in [-0.2, -0.15) is 8.42 Å². The first-order valence-corrected chi connectivity index (χ1v) is 8.42. The monoisotopic (exact) mass is 359 g/mol. The number of hydrogen-bond acceptors (Lipinski definition) is 4. The zero-order valence-electron chi connectivity index (χ0n) is 13.4. The summed E-state index contributed by atoms with van der Waals surface area (Å²) < 4.78 is 37.0. The van der Waals surface area contributed by atoms with Gasteiger partial charge in [-0.1, -0.05) is 34.0 Å². The molecule has 126 valence electrons. The minimum Gasteiger partial charge on any atom is -0.491 e. The van der Waals surface area contributed by atoms with Crippen LogP contribution in [-0.2, 0) is 10.1 Å². The second-order valence-electron chi connectivity index (χ2n) is 5.04. The number of aryl methyl sites for hydroxylation is 3. The highest BCUT2D eigenvalue weighted by atomic mass is 35.5. The fraction of sp³-hybridized carbons (Fsp3) is 0.267. The molecule has 6 nitrogen and oxygen atoms in total. The van der Waals surface area contributed by atoms with E-state index in [0.29, 0.717) is 21.9 Å². The van der Waals surface area contributed by atoms with E-state index in [1.165, 1.54) is 4.68 Å². The standard InChI is InChI=1S/C9H12O3S.C6H8ClN2O/c1-6-4-7(2)9(8(3)5-6)13(10,11)12;1-10-6-2-5(7)3-9(8)4-6/h4-5H,1-3H3,(H,10,11,12);2-4H,8H2,1H3/q;+1. The van der Waals surface area contributed by atoms with Crippen LogP contribution in [0.3, 0.4) is 0 Å². The second kappa shape index (κ2) is 7.63. The van der Waals surface area contributed by atoms with Crippen molar-refractivity contribution in [2.45, 2.75) is 25.7 Å². The Morgan fingerprint density at radius 2 is 1.65 bits per heavy atom. The number of aromatic nitrogens is 1. The van der Waals surface area contributed by atoms with E-state index in [1.54, 1.807) is 51.6 Å². The summed E-state index contributed by atoms with van der Waals surface area (Å²) >= 11 is 5.65. The molecular formula is C15H20ClN2O4S+. The zero-order valence-corrected chi connectivity index (χ0v) is 14.9. The lowest BCUT2D eigenvalue weighted by atomic mass is 10.1. The van der Waals surface area contributed by atoms with Crippen molar-refractivity contribution in [1.29, 1.82) is 0 Å². The molecule has 23 heavy (non-hydrogen) atoms. The van der Waals surface area contributed by atoms with Crippen molar-refractivity contribution in [2.24, 2.45) is 0 Å². The van der Waals surface area contributed by atoms with Crippen molar-refractivity contribution in [1.82, 2.24) is 0 Å². The summed E-state index contributed by atoms with van der Waals surface area (Å²) in [6.07, 6.45) is 3.22. The number of benzene rings is 1. The molecule has 0 fully saturated rings. The Morgan fingerprint density at radius 3 is 2.04 bits per heavy atom. The van der Waals surface area contributed by atoms with Crippen LogP contribution in [0.5, 0.6) is 5.75 Å². The summed E-state index contributed by atoms with van der Waals surface area (Å²) in [5, 5.41) is 0.557. The van der Waals surface area contributed by atoms with E-state index >= 15 is 0 Å². The van der Waals surface area contributed by atoms with E-state index < -0.39 is 10.1 Å². The molecule has 8 heteroatoms. The van der Waals surface area contributed by atoms with Gasteiger partial charge in [0.25, 0.3) is 10.1 Å². The average Bonchev–Trinajstić information content (AvgIpc) is 2.35. The Bertz CT molecular complexity index is 764. The van der Waals surface area contributed by atoms with Crippen molar-refractivity contribution in [3.8, 4) is 5.75 Å². The van der Waals surface area contributed by atoms with Crippen molar-refractivity contribution >= 4 is 21.7 Å². The molecule has 0 unspecified atom stereocenters. The number of methoxy groups -OCH3 is 1. The van der Waals surface area contributed by atoms with Crippen LogP contribution < -0.4 is 15.3 Å². The maximum Gasteiger partial charge on any atom is 0.295 e. The van der Waals surface area contributed by atoms with E-state index in [4.69, 9.17) is 26.7 Å². The fourth-order valence-electron chi connectivity index (χ4n) is 2.22. The predicted molar refractivity (Wildman–Crippen MR) is 88.8 cm³/mol. The number of nitrogens with zero attached hydrogens (tertiary/aromatic N) is 1. The Hall–Kier alpha value is -1.83. The van der Waals surface area contributed by atoms with Crippen LogP contribution in [0.15, 0.2) is 35.5 Å². The minimum atomic E-state index is -4.08. The maximum absolute atomic E-state index is 10.9. The van der Waals surface area contributed by atoms with Crippen molar-refractivity contribution in [2.75, 3.05) is 13.0 Å². The second-order valence-corrected chi connectivity index (χ2v) is 6.84. The first-order chi connectivity index (χ1) is 10.5. The van der Waals surface area contributed by atoms with Gasteiger partial charge in [-0.05, 0) is 31.9 Å². The van der Waals surface area contributed by atoms with Gasteiger partial charge in [0.2, 0.25) is 12.4 Å². The molecule has 1 heterocycles. The largest absolute Gasteiger partial charge is 0.491 e. The summed E-state index contributed by atoms with van der Waals surface area (Å²) in [6.45, 7) is 5.22. The molecule has 3 N–H and O–H groups in total. The van der Waals surface area contributed by atoms with Crippen LogP contribution in [-0.4, -0.2) is 20.1 Å². The number of halogens is 1. The van der Waals surface area contributed by atoms with Gasteiger partial charge in [-0.3, -0.25) is 4.55 Å². The summed E-state index contributed by atoms with van der Waals surface area (Å²) in [4.78, 5) is 0.0260. The molecule has 0 spiro atoms. The topological polar surface area (TPSA) is 93.5 Å². The highest BCUT2D eigenvalue weighted by Crippen LogP contribution is 2.20. The lowest BCUT2D eigenvalue weighted by Gasteiger charge is -2.07. The smallest absolute Gasteiger partial charge is 0.295 e. The van der Waals surface area contributed by atoms with Crippen LogP contribution in [0.2, 0.25) is 5.02 Å². The molecule has 0 atom stereocenters. The van der Waals surface area contributed by atoms with E-state index in [2.05, 4.69) is 0 Å². The Balaban J connectivity index is 0.000000238. The molecule has 0 saturated carbocycles. The molecule has 0 aliphatic carbocycles. The first-order valence-electron chi connectivity index (χ1n) is 6.61. The van der Waals surface area contributed by atoms with Gasteiger partial charge in [0.1, 0.15) is 5.02 Å². The molecule has 2 aromatic rings. The van der Waals surface area contributed by atoms with E-state index in [9.17, 15) is 8.42 Å². The molecule has 0 amide bonds. The lowest BCUT2D eigenvalue weighted by molar-refractivity contribution is -0.639. The molecule has 0 bridgehead atoms. The maximum atomic E-state index is 10.9. The third kappa shape index (κ3) is 5.70. The van der Waals surface area contributed by atoms with E-state index in [0.717, 1.165) is 5.56 Å². The molecule has 0 aliphatic rings. The quantitative estimate of drug-likeness (QED) is 0.487. The van der Waals surface area contributed by atoms with Gasteiger partial charge < -0.3 is 4.74 Å². The highest BCUT2D eigenvalue weighted by molar-refractivity contribution is 7.86. The molecule has 0 saturated heterocycles. The zero-order chi connectivity index (χ0) is 17.8. The van der Waals surface area contributed by atoms with Gasteiger partial charge in [0.05, 0.1) is 12.0 Å². The summed E-state index contributed by atoms with van der Waals surface area (Å²) in [5.41, 5.74) is 2.16. The van der Waals surface area contributed by atoms with Crippen molar-refractivity contribution < 1.29 is 22.4 Å². The normalized spacial score (nSPS) is 10.7. The predicted octanol–water partition coefficient (Wildman–Crippen LogP) is 2.21. The van der Waals surface area contributed by atoms with Gasteiger partial charge in [0, 0.05) is 6.07 Å². The van der Waals surface area contributed by atoms with Crippen molar-refractivity contribution in [3.63, 3.8) is 0 Å². The molecule has 1 aromatic heterocycles. The molecule has 2 rings (SSSR count). The number of ether oxygens (including phenoxy) is 1. The van der Waals surface area contributed by atoms with Gasteiger partial charge in [0.15, 0.2) is 5.75 Å². The van der Waals surface area contributed by atoms with E-state index in [1.807, 2.05) is 6.92 Å². The third-order valence-corrected chi connectivity index (χ3v) is 4.29. The molecule has 1 aromatic carbocycles. The number of hydrogen-bond donors (Lipinski definition) is 2. The van der Waals surface area contributed by atoms with Crippen LogP contribution in [0, 0.1) is 20.8 Å². The van der Waals surface area contributed by atoms with Gasteiger partial charge in [-0.25, -0.2) is 5.84 Å². The summed E-state index contributed by atoms with van der Waals surface area (Å²) in [7, 11) is -2.52. The van der Waals surface area contributed by atoms with Crippen LogP contribution in [0.1, 0.15) is 16.7 Å². The number of nitrogen functional groups attached to an aromatic ring is 1. The van der Waals surface area contributed by atoms with Crippen LogP contribution in [0.4, 0.5) is 0 Å². The Labute approximate surface area is 141 Å². The molecular weight excluding hydrogens is 340 g/mol. The first kappa shape index (κ1) is 19.2. The highest BCUT2D eigenvalue weighted by Gasteiger charge is 2.15. The lowest BCUT2D eigenvalue weighted by Crippen LogP contribution is -2.43. The average molecular weight is 360 g/mol. The van der Waals surface area contributed by atoms with Crippen LogP contribution in [0.25, 0.3) is 0 Å². The van der Waals surface area contributed by atoms with Gasteiger partial charge in [-0.15, -0.1) is 0 Å². The van der Waals surface area contributed by atoms with E-state index in [-0.39, 0.29) is 4.90 Å². The van der Waals surface area contributed by atoms with Gasteiger partial charge >= 0.3 is 0 Å². The summed E-state index contributed by atoms with van der Waals surface area (Å²) in [6, 6.07) is 5.15. The SMILES string of the molecule is COc1cc(Cl)c[n+](N)c1.Cc1cc(C)c(S(=O)(=O)O)c(C)c1. The Kier molecular flexibility index (Phi) is 6.37. The molecule has 0 radical (unpaired) electrons. The Morgan fingerprint density at radius 1 is 1.13 bits per heavy atom.